The van der Waals surface area contributed by atoms with Gasteiger partial charge < -0.3 is 9.64 Å². The number of amides is 1. The maximum atomic E-state index is 12.7. The summed E-state index contributed by atoms with van der Waals surface area (Å²) in [6, 6.07) is 28.2. The van der Waals surface area contributed by atoms with Gasteiger partial charge in [-0.05, 0) is 35.7 Å². The van der Waals surface area contributed by atoms with Crippen LogP contribution in [0.1, 0.15) is 27.9 Å². The van der Waals surface area contributed by atoms with Crippen LogP contribution in [0, 0.1) is 11.3 Å². The summed E-state index contributed by atoms with van der Waals surface area (Å²) < 4.78 is 5.34. The van der Waals surface area contributed by atoms with Crippen molar-refractivity contribution in [2.75, 3.05) is 18.1 Å². The molecule has 30 heavy (non-hydrogen) atoms. The van der Waals surface area contributed by atoms with Crippen LogP contribution in [-0.4, -0.2) is 25.0 Å². The summed E-state index contributed by atoms with van der Waals surface area (Å²) in [4.78, 5) is 26.9. The van der Waals surface area contributed by atoms with E-state index in [1.54, 1.807) is 24.3 Å². The molecule has 150 valence electrons. The molecule has 0 spiro atoms. The minimum absolute atomic E-state index is 0.189. The first-order valence-electron chi connectivity index (χ1n) is 9.70. The van der Waals surface area contributed by atoms with Crippen LogP contribution in [0.3, 0.4) is 0 Å². The van der Waals surface area contributed by atoms with Crippen molar-refractivity contribution in [2.24, 2.45) is 0 Å². The van der Waals surface area contributed by atoms with Gasteiger partial charge in [-0.2, -0.15) is 5.26 Å². The Kier molecular flexibility index (Phi) is 7.34. The Morgan fingerprint density at radius 2 is 1.50 bits per heavy atom. The summed E-state index contributed by atoms with van der Waals surface area (Å²) >= 11 is 0. The molecule has 3 aromatic carbocycles. The third-order valence-corrected chi connectivity index (χ3v) is 4.62. The molecule has 0 saturated heterocycles. The third kappa shape index (κ3) is 5.55. The molecule has 0 aliphatic heterocycles. The van der Waals surface area contributed by atoms with Gasteiger partial charge in [-0.25, -0.2) is 4.79 Å². The van der Waals surface area contributed by atoms with Gasteiger partial charge in [0.2, 0.25) is 0 Å². The van der Waals surface area contributed by atoms with Gasteiger partial charge in [-0.15, -0.1) is 0 Å². The van der Waals surface area contributed by atoms with Crippen LogP contribution in [-0.2, 0) is 16.0 Å². The zero-order valence-corrected chi connectivity index (χ0v) is 16.5. The molecule has 0 aromatic heterocycles. The van der Waals surface area contributed by atoms with E-state index in [9.17, 15) is 9.59 Å². The van der Waals surface area contributed by atoms with E-state index < -0.39 is 12.6 Å². The normalized spacial score (nSPS) is 10.1. The quantitative estimate of drug-likeness (QED) is 0.528. The molecular weight excluding hydrogens is 376 g/mol. The average molecular weight is 398 g/mol. The fraction of sp³-hybridized carbons (Fsp3) is 0.160. The van der Waals surface area contributed by atoms with Crippen LogP contribution in [0.25, 0.3) is 0 Å². The lowest BCUT2D eigenvalue weighted by Crippen LogP contribution is -2.35. The van der Waals surface area contributed by atoms with Gasteiger partial charge in [0, 0.05) is 12.2 Å². The molecule has 0 atom stereocenters. The summed E-state index contributed by atoms with van der Waals surface area (Å²) in [7, 11) is 0. The van der Waals surface area contributed by atoms with Crippen LogP contribution in [0.15, 0.2) is 84.9 Å². The lowest BCUT2D eigenvalue weighted by atomic mass is 10.00. The topological polar surface area (TPSA) is 70.4 Å². The molecule has 3 rings (SSSR count). The Morgan fingerprint density at radius 3 is 2.20 bits per heavy atom. The SMILES string of the molecule is N#CCCN(C(=O)COC(=O)c1ccccc1Cc1ccccc1)c1ccccc1. The van der Waals surface area contributed by atoms with E-state index in [2.05, 4.69) is 0 Å². The summed E-state index contributed by atoms with van der Waals surface area (Å²) in [5.41, 5.74) is 3.03. The van der Waals surface area contributed by atoms with E-state index in [-0.39, 0.29) is 18.9 Å². The molecule has 0 bridgehead atoms. The van der Waals surface area contributed by atoms with Crippen LogP contribution in [0.5, 0.6) is 0 Å². The Bertz CT molecular complexity index is 1030. The molecule has 3 aromatic rings. The highest BCUT2D eigenvalue weighted by molar-refractivity contribution is 5.97. The standard InChI is InChI=1S/C25H22N2O3/c26-16-9-17-27(22-13-5-2-6-14-22)24(28)19-30-25(29)23-15-8-7-12-21(23)18-20-10-3-1-4-11-20/h1-8,10-15H,9,17-19H2. The Balaban J connectivity index is 1.69. The first-order valence-corrected chi connectivity index (χ1v) is 9.70. The van der Waals surface area contributed by atoms with Crippen molar-refractivity contribution in [2.45, 2.75) is 12.8 Å². The highest BCUT2D eigenvalue weighted by Gasteiger charge is 2.19. The monoisotopic (exact) mass is 398 g/mol. The highest BCUT2D eigenvalue weighted by atomic mass is 16.5. The van der Waals surface area contributed by atoms with Crippen molar-refractivity contribution >= 4 is 17.6 Å². The Morgan fingerprint density at radius 1 is 0.867 bits per heavy atom. The van der Waals surface area contributed by atoms with E-state index in [1.165, 1.54) is 4.90 Å². The van der Waals surface area contributed by atoms with Gasteiger partial charge in [0.25, 0.3) is 5.91 Å². The van der Waals surface area contributed by atoms with E-state index in [4.69, 9.17) is 10.00 Å². The molecule has 0 radical (unpaired) electrons. The molecule has 5 nitrogen and oxygen atoms in total. The second-order valence-corrected chi connectivity index (χ2v) is 6.68. The second-order valence-electron chi connectivity index (χ2n) is 6.68. The predicted molar refractivity (Wildman–Crippen MR) is 115 cm³/mol. The van der Waals surface area contributed by atoms with E-state index >= 15 is 0 Å². The van der Waals surface area contributed by atoms with Gasteiger partial charge in [0.1, 0.15) is 0 Å². The Hall–Kier alpha value is -3.91. The molecule has 0 aliphatic rings. The maximum Gasteiger partial charge on any atom is 0.338 e. The smallest absolute Gasteiger partial charge is 0.338 e. The zero-order chi connectivity index (χ0) is 21.2. The summed E-state index contributed by atoms with van der Waals surface area (Å²) in [6.45, 7) is -0.152. The van der Waals surface area contributed by atoms with Crippen LogP contribution < -0.4 is 4.90 Å². The number of carbonyl (C=O) groups excluding carboxylic acids is 2. The Labute approximate surface area is 176 Å². The molecule has 5 heteroatoms. The average Bonchev–Trinajstić information content (AvgIpc) is 2.79. The number of hydrogen-bond acceptors (Lipinski definition) is 4. The number of hydrogen-bond donors (Lipinski definition) is 0. The maximum absolute atomic E-state index is 12.7. The van der Waals surface area contributed by atoms with Gasteiger partial charge >= 0.3 is 5.97 Å². The summed E-state index contributed by atoms with van der Waals surface area (Å²) in [5.74, 6) is -0.909. The van der Waals surface area contributed by atoms with E-state index in [0.29, 0.717) is 17.7 Å². The number of carbonyl (C=O) groups is 2. The van der Waals surface area contributed by atoms with E-state index in [1.807, 2.05) is 66.7 Å². The van der Waals surface area contributed by atoms with Crippen molar-refractivity contribution in [3.63, 3.8) is 0 Å². The number of rotatable bonds is 8. The largest absolute Gasteiger partial charge is 0.452 e. The first-order chi connectivity index (χ1) is 14.7. The number of ether oxygens (including phenoxy) is 1. The van der Waals surface area contributed by atoms with Crippen LogP contribution >= 0.6 is 0 Å². The molecule has 0 heterocycles. The van der Waals surface area contributed by atoms with Crippen molar-refractivity contribution in [1.29, 1.82) is 5.26 Å². The number of nitrogens with zero attached hydrogens (tertiary/aromatic N) is 2. The fourth-order valence-corrected chi connectivity index (χ4v) is 3.14. The van der Waals surface area contributed by atoms with Crippen LogP contribution in [0.4, 0.5) is 5.69 Å². The number of nitriles is 1. The van der Waals surface area contributed by atoms with Crippen molar-refractivity contribution in [3.05, 3.63) is 102 Å². The minimum Gasteiger partial charge on any atom is -0.452 e. The number of para-hydroxylation sites is 1. The van der Waals surface area contributed by atoms with Gasteiger partial charge in [-0.3, -0.25) is 4.79 Å². The predicted octanol–water partition coefficient (Wildman–Crippen LogP) is 4.38. The summed E-state index contributed by atoms with van der Waals surface area (Å²) in [5, 5.41) is 8.89. The van der Waals surface area contributed by atoms with Crippen molar-refractivity contribution < 1.29 is 14.3 Å². The lowest BCUT2D eigenvalue weighted by molar-refractivity contribution is -0.121. The first kappa shape index (κ1) is 20.8. The molecule has 1 amide bonds. The van der Waals surface area contributed by atoms with Crippen LogP contribution in [0.2, 0.25) is 0 Å². The van der Waals surface area contributed by atoms with Gasteiger partial charge in [0.15, 0.2) is 6.61 Å². The number of esters is 1. The van der Waals surface area contributed by atoms with Crippen molar-refractivity contribution in [1.82, 2.24) is 0 Å². The zero-order valence-electron chi connectivity index (χ0n) is 16.5. The molecule has 0 saturated carbocycles. The molecular formula is C25H22N2O3. The molecule has 0 fully saturated rings. The molecule has 0 aliphatic carbocycles. The second kappa shape index (κ2) is 10.6. The van der Waals surface area contributed by atoms with Gasteiger partial charge in [-0.1, -0.05) is 66.7 Å². The van der Waals surface area contributed by atoms with Gasteiger partial charge in [0.05, 0.1) is 18.1 Å². The minimum atomic E-state index is -0.539. The summed E-state index contributed by atoms with van der Waals surface area (Å²) in [6.07, 6.45) is 0.785. The lowest BCUT2D eigenvalue weighted by Gasteiger charge is -2.21. The molecule has 0 N–H and O–H groups in total. The number of anilines is 1. The van der Waals surface area contributed by atoms with E-state index in [0.717, 1.165) is 11.1 Å². The molecule has 0 unspecified atom stereocenters. The highest BCUT2D eigenvalue weighted by Crippen LogP contribution is 2.17. The third-order valence-electron chi connectivity index (χ3n) is 4.62. The fourth-order valence-electron chi connectivity index (χ4n) is 3.14. The number of benzene rings is 3. The van der Waals surface area contributed by atoms with Crippen molar-refractivity contribution in [3.8, 4) is 6.07 Å².